The standard InChI is InChI=1S/C17H33N3O3S/c1-3-24(22,23)20-12-7-16(8-13-20)17(21)18-9-5-11-19-10-4-6-15(2)14-19/h15-16H,3-14H2,1-2H3,(H,18,21)/t15-/m1/s1. The molecule has 1 atom stereocenters. The van der Waals surface area contributed by atoms with Crippen LogP contribution in [0.15, 0.2) is 0 Å². The molecule has 0 unspecified atom stereocenters. The number of likely N-dealkylation sites (tertiary alicyclic amines) is 1. The van der Waals surface area contributed by atoms with Crippen LogP contribution in [0, 0.1) is 11.8 Å². The van der Waals surface area contributed by atoms with E-state index in [1.807, 2.05) is 0 Å². The minimum absolute atomic E-state index is 0.0386. The fraction of sp³-hybridized carbons (Fsp3) is 0.941. The van der Waals surface area contributed by atoms with Crippen molar-refractivity contribution in [3.63, 3.8) is 0 Å². The van der Waals surface area contributed by atoms with Gasteiger partial charge in [0.15, 0.2) is 0 Å². The SMILES string of the molecule is CCS(=O)(=O)N1CCC(C(=O)NCCCN2CCC[C@@H](C)C2)CC1. The summed E-state index contributed by atoms with van der Waals surface area (Å²) in [6.07, 6.45) is 4.87. The first-order valence-corrected chi connectivity index (χ1v) is 11.0. The topological polar surface area (TPSA) is 69.7 Å². The van der Waals surface area contributed by atoms with E-state index in [4.69, 9.17) is 0 Å². The molecule has 0 spiro atoms. The number of piperidine rings is 2. The lowest BCUT2D eigenvalue weighted by molar-refractivity contribution is -0.126. The number of nitrogens with zero attached hydrogens (tertiary/aromatic N) is 2. The van der Waals surface area contributed by atoms with Crippen molar-refractivity contribution in [1.82, 2.24) is 14.5 Å². The van der Waals surface area contributed by atoms with Gasteiger partial charge in [0.2, 0.25) is 15.9 Å². The van der Waals surface area contributed by atoms with Crippen LogP contribution in [-0.2, 0) is 14.8 Å². The highest BCUT2D eigenvalue weighted by molar-refractivity contribution is 7.89. The molecular weight excluding hydrogens is 326 g/mol. The van der Waals surface area contributed by atoms with Crippen molar-refractivity contribution >= 4 is 15.9 Å². The Morgan fingerprint density at radius 2 is 1.88 bits per heavy atom. The first-order valence-electron chi connectivity index (χ1n) is 9.40. The lowest BCUT2D eigenvalue weighted by Gasteiger charge is -2.31. The maximum Gasteiger partial charge on any atom is 0.223 e. The van der Waals surface area contributed by atoms with Crippen molar-refractivity contribution in [3.05, 3.63) is 0 Å². The number of carbonyl (C=O) groups excluding carboxylic acids is 1. The highest BCUT2D eigenvalue weighted by Gasteiger charge is 2.29. The van der Waals surface area contributed by atoms with Gasteiger partial charge in [0, 0.05) is 32.1 Å². The van der Waals surface area contributed by atoms with Gasteiger partial charge in [-0.2, -0.15) is 0 Å². The van der Waals surface area contributed by atoms with Crippen LogP contribution in [0.1, 0.15) is 46.0 Å². The second-order valence-electron chi connectivity index (χ2n) is 7.27. The van der Waals surface area contributed by atoms with Crippen LogP contribution < -0.4 is 5.32 Å². The van der Waals surface area contributed by atoms with Gasteiger partial charge in [-0.25, -0.2) is 12.7 Å². The zero-order chi connectivity index (χ0) is 17.6. The minimum atomic E-state index is -3.11. The van der Waals surface area contributed by atoms with E-state index in [9.17, 15) is 13.2 Å². The molecule has 2 aliphatic heterocycles. The predicted molar refractivity (Wildman–Crippen MR) is 96.2 cm³/mol. The summed E-state index contributed by atoms with van der Waals surface area (Å²) >= 11 is 0. The number of sulfonamides is 1. The van der Waals surface area contributed by atoms with Gasteiger partial charge in [0.25, 0.3) is 0 Å². The quantitative estimate of drug-likeness (QED) is 0.696. The summed E-state index contributed by atoms with van der Waals surface area (Å²) in [7, 11) is -3.11. The molecule has 1 N–H and O–H groups in total. The zero-order valence-electron chi connectivity index (χ0n) is 15.2. The molecule has 6 nitrogen and oxygen atoms in total. The summed E-state index contributed by atoms with van der Waals surface area (Å²) in [6, 6.07) is 0. The number of hydrogen-bond acceptors (Lipinski definition) is 4. The van der Waals surface area contributed by atoms with E-state index in [1.165, 1.54) is 30.2 Å². The molecule has 2 saturated heterocycles. The van der Waals surface area contributed by atoms with Crippen molar-refractivity contribution in [2.75, 3.05) is 45.0 Å². The summed E-state index contributed by atoms with van der Waals surface area (Å²) in [6.45, 7) is 9.05. The van der Waals surface area contributed by atoms with Gasteiger partial charge >= 0.3 is 0 Å². The van der Waals surface area contributed by atoms with Crippen LogP contribution in [0.2, 0.25) is 0 Å². The van der Waals surface area contributed by atoms with E-state index in [2.05, 4.69) is 17.1 Å². The van der Waals surface area contributed by atoms with Crippen molar-refractivity contribution in [1.29, 1.82) is 0 Å². The minimum Gasteiger partial charge on any atom is -0.356 e. The number of nitrogens with one attached hydrogen (secondary N) is 1. The Hall–Kier alpha value is -0.660. The Bertz CT molecular complexity index is 501. The molecule has 7 heteroatoms. The molecule has 0 aromatic rings. The van der Waals surface area contributed by atoms with E-state index in [-0.39, 0.29) is 17.6 Å². The van der Waals surface area contributed by atoms with Crippen LogP contribution in [0.25, 0.3) is 0 Å². The lowest BCUT2D eigenvalue weighted by Crippen LogP contribution is -2.44. The maximum atomic E-state index is 12.2. The molecular formula is C17H33N3O3S. The molecule has 2 fully saturated rings. The molecule has 0 aromatic carbocycles. The third kappa shape index (κ3) is 5.70. The van der Waals surface area contributed by atoms with Crippen molar-refractivity contribution < 1.29 is 13.2 Å². The van der Waals surface area contributed by atoms with Crippen LogP contribution in [0.5, 0.6) is 0 Å². The Labute approximate surface area is 147 Å². The summed E-state index contributed by atoms with van der Waals surface area (Å²) < 4.78 is 25.2. The van der Waals surface area contributed by atoms with Gasteiger partial charge in [-0.1, -0.05) is 6.92 Å². The molecule has 140 valence electrons. The van der Waals surface area contributed by atoms with Crippen LogP contribution in [-0.4, -0.2) is 68.6 Å². The van der Waals surface area contributed by atoms with Gasteiger partial charge < -0.3 is 10.2 Å². The van der Waals surface area contributed by atoms with Gasteiger partial charge in [-0.3, -0.25) is 4.79 Å². The Balaban J connectivity index is 1.62. The van der Waals surface area contributed by atoms with Gasteiger partial charge in [0.05, 0.1) is 5.75 Å². The third-order valence-corrected chi connectivity index (χ3v) is 7.16. The molecule has 1 amide bonds. The smallest absolute Gasteiger partial charge is 0.223 e. The first-order chi connectivity index (χ1) is 11.4. The molecule has 0 saturated carbocycles. The second kappa shape index (κ2) is 9.15. The summed E-state index contributed by atoms with van der Waals surface area (Å²) in [5.41, 5.74) is 0. The van der Waals surface area contributed by atoms with Gasteiger partial charge in [-0.15, -0.1) is 0 Å². The van der Waals surface area contributed by atoms with Crippen LogP contribution in [0.3, 0.4) is 0 Å². The molecule has 2 rings (SSSR count). The van der Waals surface area contributed by atoms with E-state index >= 15 is 0 Å². The number of hydrogen-bond donors (Lipinski definition) is 1. The Morgan fingerprint density at radius 3 is 2.50 bits per heavy atom. The average molecular weight is 360 g/mol. The van der Waals surface area contributed by atoms with E-state index in [1.54, 1.807) is 6.92 Å². The predicted octanol–water partition coefficient (Wildman–Crippen LogP) is 1.29. The number of amides is 1. The Kier molecular flexibility index (Phi) is 7.50. The highest BCUT2D eigenvalue weighted by atomic mass is 32.2. The molecule has 0 radical (unpaired) electrons. The first kappa shape index (κ1) is 19.7. The average Bonchev–Trinajstić information content (AvgIpc) is 2.58. The summed E-state index contributed by atoms with van der Waals surface area (Å²) in [4.78, 5) is 14.7. The van der Waals surface area contributed by atoms with Gasteiger partial charge in [-0.05, 0) is 58.0 Å². The second-order valence-corrected chi connectivity index (χ2v) is 9.52. The fourth-order valence-corrected chi connectivity index (χ4v) is 4.86. The normalized spacial score (nSPS) is 24.8. The highest BCUT2D eigenvalue weighted by Crippen LogP contribution is 2.20. The lowest BCUT2D eigenvalue weighted by atomic mass is 9.97. The van der Waals surface area contributed by atoms with Crippen LogP contribution >= 0.6 is 0 Å². The van der Waals surface area contributed by atoms with E-state index < -0.39 is 10.0 Å². The molecule has 0 aliphatic carbocycles. The molecule has 24 heavy (non-hydrogen) atoms. The van der Waals surface area contributed by atoms with E-state index in [0.29, 0.717) is 25.9 Å². The number of rotatable bonds is 7. The largest absolute Gasteiger partial charge is 0.356 e. The van der Waals surface area contributed by atoms with Gasteiger partial charge in [0.1, 0.15) is 0 Å². The molecule has 2 heterocycles. The molecule has 0 aromatic heterocycles. The zero-order valence-corrected chi connectivity index (χ0v) is 16.0. The Morgan fingerprint density at radius 1 is 1.17 bits per heavy atom. The van der Waals surface area contributed by atoms with Crippen LogP contribution in [0.4, 0.5) is 0 Å². The van der Waals surface area contributed by atoms with Crippen molar-refractivity contribution in [2.24, 2.45) is 11.8 Å². The third-order valence-electron chi connectivity index (χ3n) is 5.27. The molecule has 2 aliphatic rings. The monoisotopic (exact) mass is 359 g/mol. The molecule has 0 bridgehead atoms. The van der Waals surface area contributed by atoms with Crippen molar-refractivity contribution in [2.45, 2.75) is 46.0 Å². The number of carbonyl (C=O) groups is 1. The van der Waals surface area contributed by atoms with E-state index in [0.717, 1.165) is 25.4 Å². The maximum absolute atomic E-state index is 12.2. The summed E-state index contributed by atoms with van der Waals surface area (Å²) in [5.74, 6) is 0.982. The fourth-order valence-electron chi connectivity index (χ4n) is 3.73. The summed E-state index contributed by atoms with van der Waals surface area (Å²) in [5, 5.41) is 3.04. The van der Waals surface area contributed by atoms with Crippen molar-refractivity contribution in [3.8, 4) is 0 Å².